The Morgan fingerprint density at radius 3 is 2.36 bits per heavy atom. The van der Waals surface area contributed by atoms with Crippen molar-refractivity contribution >= 4 is 21.5 Å². The van der Waals surface area contributed by atoms with Gasteiger partial charge in [0.1, 0.15) is 23.3 Å². The Morgan fingerprint density at radius 1 is 1.05 bits per heavy atom. The van der Waals surface area contributed by atoms with E-state index in [0.29, 0.717) is 31.0 Å². The number of morpholine rings is 1. The average molecular weight is 575 g/mol. The smallest absolute Gasteiger partial charge is 0.410 e. The topological polar surface area (TPSA) is 75.2 Å². The van der Waals surface area contributed by atoms with Gasteiger partial charge >= 0.3 is 6.18 Å². The molecule has 2 atom stereocenters. The molecule has 1 unspecified atom stereocenters. The van der Waals surface area contributed by atoms with Crippen LogP contribution in [0.2, 0.25) is 0 Å². The predicted octanol–water partition coefficient (Wildman–Crippen LogP) is 4.21. The SMILES string of the molecule is C[C@@H]1COCCN1c1cc(OC(C)(C)C)nc(N2CCN(S(=O)(=O)Cc3ccc(F)cc3)CC2C(F)(F)F)c1. The van der Waals surface area contributed by atoms with Crippen molar-refractivity contribution < 1.29 is 35.5 Å². The molecule has 0 aliphatic carbocycles. The summed E-state index contributed by atoms with van der Waals surface area (Å²) in [6, 6.07) is 6.03. The summed E-state index contributed by atoms with van der Waals surface area (Å²) in [5.74, 6) is -0.813. The summed E-state index contributed by atoms with van der Waals surface area (Å²) in [4.78, 5) is 7.57. The number of sulfonamides is 1. The van der Waals surface area contributed by atoms with Gasteiger partial charge in [-0.3, -0.25) is 0 Å². The molecule has 3 heterocycles. The normalized spacial score (nSPS) is 21.7. The number of anilines is 2. The van der Waals surface area contributed by atoms with Crippen LogP contribution in [0.1, 0.15) is 33.3 Å². The van der Waals surface area contributed by atoms with Gasteiger partial charge in [0.2, 0.25) is 15.9 Å². The average Bonchev–Trinajstić information content (AvgIpc) is 2.83. The fourth-order valence-electron chi connectivity index (χ4n) is 4.72. The fourth-order valence-corrected chi connectivity index (χ4v) is 6.24. The minimum Gasteiger partial charge on any atom is -0.472 e. The number of nitrogens with zero attached hydrogens (tertiary/aromatic N) is 4. The van der Waals surface area contributed by atoms with Crippen molar-refractivity contribution in [3.05, 3.63) is 47.8 Å². The van der Waals surface area contributed by atoms with E-state index in [-0.39, 0.29) is 30.8 Å². The quantitative estimate of drug-likeness (QED) is 0.479. The molecule has 0 N–H and O–H groups in total. The molecule has 8 nitrogen and oxygen atoms in total. The molecule has 0 saturated carbocycles. The summed E-state index contributed by atoms with van der Waals surface area (Å²) in [7, 11) is -4.10. The second-order valence-electron chi connectivity index (χ2n) is 10.8. The van der Waals surface area contributed by atoms with Gasteiger partial charge in [-0.05, 0) is 45.4 Å². The zero-order valence-corrected chi connectivity index (χ0v) is 23.2. The number of aromatic nitrogens is 1. The van der Waals surface area contributed by atoms with Gasteiger partial charge in [0.15, 0.2) is 0 Å². The minimum atomic E-state index is -4.74. The van der Waals surface area contributed by atoms with Crippen molar-refractivity contribution in [2.24, 2.45) is 0 Å². The summed E-state index contributed by atoms with van der Waals surface area (Å²) >= 11 is 0. The Kier molecular flexibility index (Phi) is 8.34. The van der Waals surface area contributed by atoms with Crippen LogP contribution in [0.15, 0.2) is 36.4 Å². The molecule has 1 aromatic heterocycles. The molecule has 2 fully saturated rings. The maximum absolute atomic E-state index is 14.4. The number of halogens is 4. The number of benzene rings is 1. The zero-order valence-electron chi connectivity index (χ0n) is 22.4. The van der Waals surface area contributed by atoms with Crippen molar-refractivity contribution in [2.75, 3.05) is 49.2 Å². The molecule has 0 spiro atoms. The summed E-state index contributed by atoms with van der Waals surface area (Å²) < 4.78 is 94.9. The third kappa shape index (κ3) is 7.31. The third-order valence-electron chi connectivity index (χ3n) is 6.55. The molecule has 1 aromatic carbocycles. The monoisotopic (exact) mass is 574 g/mol. The lowest BCUT2D eigenvalue weighted by Crippen LogP contribution is -2.60. The Labute approximate surface area is 226 Å². The van der Waals surface area contributed by atoms with Crippen LogP contribution >= 0.6 is 0 Å². The van der Waals surface area contributed by atoms with Crippen molar-refractivity contribution in [1.29, 1.82) is 0 Å². The van der Waals surface area contributed by atoms with Crippen molar-refractivity contribution in [1.82, 2.24) is 9.29 Å². The first kappa shape index (κ1) is 29.3. The van der Waals surface area contributed by atoms with Crippen LogP contribution < -0.4 is 14.5 Å². The highest BCUT2D eigenvalue weighted by molar-refractivity contribution is 7.88. The summed E-state index contributed by atoms with van der Waals surface area (Å²) in [5.41, 5.74) is 0.304. The molecule has 4 rings (SSSR count). The first-order valence-electron chi connectivity index (χ1n) is 12.7. The van der Waals surface area contributed by atoms with Crippen LogP contribution in [0.5, 0.6) is 5.88 Å². The number of rotatable bonds is 6. The largest absolute Gasteiger partial charge is 0.472 e. The molecule has 2 aromatic rings. The number of ether oxygens (including phenoxy) is 2. The molecule has 2 saturated heterocycles. The van der Waals surface area contributed by atoms with Gasteiger partial charge < -0.3 is 19.3 Å². The van der Waals surface area contributed by atoms with Crippen LogP contribution in [0.3, 0.4) is 0 Å². The highest BCUT2D eigenvalue weighted by atomic mass is 32.2. The first-order valence-corrected chi connectivity index (χ1v) is 14.3. The van der Waals surface area contributed by atoms with Gasteiger partial charge in [-0.2, -0.15) is 22.5 Å². The van der Waals surface area contributed by atoms with E-state index in [0.717, 1.165) is 21.3 Å². The van der Waals surface area contributed by atoms with Crippen LogP contribution in [0.25, 0.3) is 0 Å². The molecule has 39 heavy (non-hydrogen) atoms. The number of pyridine rings is 1. The maximum atomic E-state index is 14.4. The lowest BCUT2D eigenvalue weighted by molar-refractivity contribution is -0.153. The summed E-state index contributed by atoms with van der Waals surface area (Å²) in [6.45, 7) is 7.76. The third-order valence-corrected chi connectivity index (χ3v) is 8.37. The Hall–Kier alpha value is -2.64. The Balaban J connectivity index is 1.66. The number of piperazine rings is 1. The first-order chi connectivity index (χ1) is 18.1. The summed E-state index contributed by atoms with van der Waals surface area (Å²) in [6.07, 6.45) is -4.74. The number of hydrogen-bond donors (Lipinski definition) is 0. The second-order valence-corrected chi connectivity index (χ2v) is 12.8. The van der Waals surface area contributed by atoms with Crippen molar-refractivity contribution in [3.8, 4) is 5.88 Å². The molecule has 13 heteroatoms. The molecule has 2 aliphatic heterocycles. The van der Waals surface area contributed by atoms with Crippen LogP contribution in [-0.4, -0.2) is 81.0 Å². The molecule has 2 aliphatic rings. The van der Waals surface area contributed by atoms with Crippen LogP contribution in [0.4, 0.5) is 29.1 Å². The van der Waals surface area contributed by atoms with E-state index in [2.05, 4.69) is 4.98 Å². The Morgan fingerprint density at radius 2 is 1.74 bits per heavy atom. The van der Waals surface area contributed by atoms with Gasteiger partial charge in [0.05, 0.1) is 19.0 Å². The number of hydrogen-bond acceptors (Lipinski definition) is 7. The van der Waals surface area contributed by atoms with E-state index in [1.807, 2.05) is 32.6 Å². The zero-order chi connectivity index (χ0) is 28.6. The minimum absolute atomic E-state index is 0.0108. The van der Waals surface area contributed by atoms with Crippen LogP contribution in [0, 0.1) is 5.82 Å². The van der Waals surface area contributed by atoms with Crippen LogP contribution in [-0.2, 0) is 20.5 Å². The van der Waals surface area contributed by atoms with Gasteiger partial charge in [-0.15, -0.1) is 0 Å². The van der Waals surface area contributed by atoms with E-state index in [9.17, 15) is 26.0 Å². The van der Waals surface area contributed by atoms with Gasteiger partial charge in [0.25, 0.3) is 0 Å². The molecule has 216 valence electrons. The molecule has 0 bridgehead atoms. The van der Waals surface area contributed by atoms with E-state index < -0.39 is 46.0 Å². The predicted molar refractivity (Wildman–Crippen MR) is 140 cm³/mol. The molecular weight excluding hydrogens is 540 g/mol. The molecule has 0 amide bonds. The second kappa shape index (κ2) is 11.1. The van der Waals surface area contributed by atoms with Gasteiger partial charge in [0, 0.05) is 50.0 Å². The standard InChI is InChI=1S/C26H34F4N4O4S/c1-18-16-37-12-11-33(18)21-13-23(31-24(14-21)38-25(2,3)4)34-10-9-32(15-22(34)26(28,29)30)39(35,36)17-19-5-7-20(27)8-6-19/h5-8,13-14,18,22H,9-12,15-17H2,1-4H3/t18-,22?/m1/s1. The van der Waals surface area contributed by atoms with Crippen molar-refractivity contribution in [3.63, 3.8) is 0 Å². The van der Waals surface area contributed by atoms with Crippen molar-refractivity contribution in [2.45, 2.75) is 57.3 Å². The molecule has 0 radical (unpaired) electrons. The maximum Gasteiger partial charge on any atom is 0.410 e. The lowest BCUT2D eigenvalue weighted by atomic mass is 10.1. The van der Waals surface area contributed by atoms with Gasteiger partial charge in [-0.1, -0.05) is 12.1 Å². The number of alkyl halides is 3. The fraction of sp³-hybridized carbons (Fsp3) is 0.577. The lowest BCUT2D eigenvalue weighted by Gasteiger charge is -2.42. The van der Waals surface area contributed by atoms with Gasteiger partial charge in [-0.25, -0.2) is 12.8 Å². The molecular formula is C26H34F4N4O4S. The Bertz CT molecular complexity index is 1250. The van der Waals surface area contributed by atoms with E-state index in [1.54, 1.807) is 12.1 Å². The van der Waals surface area contributed by atoms with E-state index in [1.165, 1.54) is 12.1 Å². The van der Waals surface area contributed by atoms with E-state index >= 15 is 0 Å². The van der Waals surface area contributed by atoms with E-state index in [4.69, 9.17) is 9.47 Å². The highest BCUT2D eigenvalue weighted by Crippen LogP contribution is 2.36. The summed E-state index contributed by atoms with van der Waals surface area (Å²) in [5, 5.41) is 0. The highest BCUT2D eigenvalue weighted by Gasteiger charge is 2.49.